The molecule has 1 atom stereocenters. The van der Waals surface area contributed by atoms with Crippen molar-refractivity contribution < 1.29 is 4.21 Å². The van der Waals surface area contributed by atoms with Crippen molar-refractivity contribution in [1.29, 1.82) is 0 Å². The van der Waals surface area contributed by atoms with E-state index in [-0.39, 0.29) is 0 Å². The summed E-state index contributed by atoms with van der Waals surface area (Å²) >= 11 is 4.45. The van der Waals surface area contributed by atoms with Crippen LogP contribution in [0.5, 0.6) is 0 Å². The molecule has 0 aliphatic rings. The zero-order chi connectivity index (χ0) is 10.9. The third-order valence-electron chi connectivity index (χ3n) is 1.83. The van der Waals surface area contributed by atoms with Gasteiger partial charge < -0.3 is 0 Å². The van der Waals surface area contributed by atoms with Gasteiger partial charge in [0, 0.05) is 29.6 Å². The maximum atomic E-state index is 11.7. The number of pyridine rings is 1. The molecule has 1 heterocycles. The van der Waals surface area contributed by atoms with E-state index in [4.69, 9.17) is 0 Å². The number of rotatable bonds is 6. The maximum Gasteiger partial charge on any atom is 0.0584 e. The van der Waals surface area contributed by atoms with Crippen molar-refractivity contribution in [3.05, 3.63) is 24.5 Å². The monoisotopic (exact) mass is 240 g/mol. The van der Waals surface area contributed by atoms with Crippen LogP contribution in [0.25, 0.3) is 0 Å². The lowest BCUT2D eigenvalue weighted by Gasteiger charge is -2.00. The molecule has 0 saturated carbocycles. The molecule has 0 radical (unpaired) electrons. The van der Waals surface area contributed by atoms with E-state index < -0.39 is 10.8 Å². The van der Waals surface area contributed by atoms with Gasteiger partial charge >= 0.3 is 0 Å². The van der Waals surface area contributed by atoms with Crippen molar-refractivity contribution in [3.63, 3.8) is 0 Å². The predicted octanol–water partition coefficient (Wildman–Crippen LogP) is 2.07. The number of aromatic nitrogens is 1. The van der Waals surface area contributed by atoms with E-state index in [1.54, 1.807) is 24.5 Å². The smallest absolute Gasteiger partial charge is 0.0584 e. The Bertz CT molecular complexity index is 361. The summed E-state index contributed by atoms with van der Waals surface area (Å²) in [4.78, 5) is 8.51. The van der Waals surface area contributed by atoms with Crippen LogP contribution in [0.2, 0.25) is 0 Å². The molecule has 0 amide bonds. The Balaban J connectivity index is 2.28. The number of nitrogens with zero attached hydrogens (tertiary/aromatic N) is 2. The molecule has 80 valence electrons. The van der Waals surface area contributed by atoms with Crippen LogP contribution in [-0.4, -0.2) is 26.7 Å². The lowest BCUT2D eigenvalue weighted by Crippen LogP contribution is -1.98. The first-order chi connectivity index (χ1) is 7.34. The summed E-state index contributed by atoms with van der Waals surface area (Å²) in [6.07, 6.45) is 5.10. The molecule has 5 heteroatoms. The minimum atomic E-state index is -0.917. The van der Waals surface area contributed by atoms with E-state index in [2.05, 4.69) is 27.4 Å². The molecule has 0 N–H and O–H groups in total. The molecule has 15 heavy (non-hydrogen) atoms. The fourth-order valence-electron chi connectivity index (χ4n) is 1.08. The molecule has 0 aliphatic carbocycles. The van der Waals surface area contributed by atoms with E-state index >= 15 is 0 Å². The lowest BCUT2D eigenvalue weighted by atomic mass is 10.3. The molecule has 1 unspecified atom stereocenters. The molecular weight excluding hydrogens is 228 g/mol. The molecule has 0 fully saturated rings. The highest BCUT2D eigenvalue weighted by Gasteiger charge is 2.01. The van der Waals surface area contributed by atoms with Gasteiger partial charge in [-0.05, 0) is 37.2 Å². The van der Waals surface area contributed by atoms with Crippen molar-refractivity contribution in [2.75, 3.05) is 12.3 Å². The van der Waals surface area contributed by atoms with Gasteiger partial charge in [-0.3, -0.25) is 9.19 Å². The highest BCUT2D eigenvalue weighted by atomic mass is 32.2. The number of aliphatic imine (C=N–C) groups is 1. The van der Waals surface area contributed by atoms with Gasteiger partial charge in [0.15, 0.2) is 0 Å². The summed E-state index contributed by atoms with van der Waals surface area (Å²) in [5.74, 6) is 0.664. The lowest BCUT2D eigenvalue weighted by molar-refractivity contribution is 0.678. The third kappa shape index (κ3) is 4.93. The van der Waals surface area contributed by atoms with Crippen molar-refractivity contribution in [2.24, 2.45) is 4.99 Å². The second kappa shape index (κ2) is 7.40. The fraction of sp³-hybridized carbons (Fsp3) is 0.400. The van der Waals surface area contributed by atoms with Gasteiger partial charge in [0.05, 0.1) is 16.0 Å². The summed E-state index contributed by atoms with van der Waals surface area (Å²) in [5.41, 5.74) is 0. The Hall–Kier alpha value is -0.900. The standard InChI is InChI=1S/C10H12N2OS2/c13-15(8-2-1-5-12-9-14)10-3-6-11-7-4-10/h3-4,6-7H,1-2,5,8H2. The molecule has 0 aliphatic heterocycles. The minimum absolute atomic E-state index is 0.664. The molecule has 1 rings (SSSR count). The van der Waals surface area contributed by atoms with E-state index in [0.717, 1.165) is 17.7 Å². The van der Waals surface area contributed by atoms with Crippen LogP contribution >= 0.6 is 12.2 Å². The first-order valence-electron chi connectivity index (χ1n) is 4.66. The van der Waals surface area contributed by atoms with Gasteiger partial charge in [-0.25, -0.2) is 4.99 Å². The molecule has 0 bridgehead atoms. The Kier molecular flexibility index (Phi) is 6.00. The van der Waals surface area contributed by atoms with Crippen LogP contribution in [0.1, 0.15) is 12.8 Å². The first kappa shape index (κ1) is 12.2. The van der Waals surface area contributed by atoms with Gasteiger partial charge in [-0.15, -0.1) is 0 Å². The fourth-order valence-corrected chi connectivity index (χ4v) is 2.30. The van der Waals surface area contributed by atoms with E-state index in [0.29, 0.717) is 12.3 Å². The van der Waals surface area contributed by atoms with Crippen LogP contribution in [0.4, 0.5) is 0 Å². The highest BCUT2D eigenvalue weighted by Crippen LogP contribution is 2.06. The van der Waals surface area contributed by atoms with Gasteiger partial charge in [0.1, 0.15) is 0 Å². The van der Waals surface area contributed by atoms with Crippen LogP contribution in [0, 0.1) is 0 Å². The van der Waals surface area contributed by atoms with Crippen molar-refractivity contribution in [2.45, 2.75) is 17.7 Å². The third-order valence-corrected chi connectivity index (χ3v) is 3.41. The number of unbranched alkanes of at least 4 members (excludes halogenated alkanes) is 1. The van der Waals surface area contributed by atoms with E-state index in [1.807, 2.05) is 0 Å². The second-order valence-corrected chi connectivity index (χ2v) is 4.67. The Morgan fingerprint density at radius 2 is 2.13 bits per heavy atom. The summed E-state index contributed by atoms with van der Waals surface area (Å²) in [6, 6.07) is 3.57. The van der Waals surface area contributed by atoms with E-state index in [1.165, 1.54) is 0 Å². The molecule has 0 spiro atoms. The number of thiocarbonyl (C=S) groups is 1. The van der Waals surface area contributed by atoms with Gasteiger partial charge in [-0.2, -0.15) is 0 Å². The van der Waals surface area contributed by atoms with Gasteiger partial charge in [0.2, 0.25) is 0 Å². The zero-order valence-corrected chi connectivity index (χ0v) is 9.89. The molecule has 1 aromatic heterocycles. The molecule has 0 saturated heterocycles. The summed E-state index contributed by atoms with van der Waals surface area (Å²) in [5, 5.41) is 2.31. The molecule has 1 aromatic rings. The predicted molar refractivity (Wildman–Crippen MR) is 64.6 cm³/mol. The van der Waals surface area contributed by atoms with Crippen LogP contribution in [0.3, 0.4) is 0 Å². The highest BCUT2D eigenvalue weighted by molar-refractivity contribution is 7.85. The molecule has 0 aromatic carbocycles. The first-order valence-corrected chi connectivity index (χ1v) is 6.39. The van der Waals surface area contributed by atoms with Crippen molar-refractivity contribution in [1.82, 2.24) is 4.98 Å². The molecule has 3 nitrogen and oxygen atoms in total. The van der Waals surface area contributed by atoms with Gasteiger partial charge in [-0.1, -0.05) is 0 Å². The number of isothiocyanates is 1. The zero-order valence-electron chi connectivity index (χ0n) is 8.26. The van der Waals surface area contributed by atoms with Crippen LogP contribution in [0.15, 0.2) is 34.4 Å². The minimum Gasteiger partial charge on any atom is -0.265 e. The second-order valence-electron chi connectivity index (χ2n) is 2.91. The van der Waals surface area contributed by atoms with Gasteiger partial charge in [0.25, 0.3) is 0 Å². The van der Waals surface area contributed by atoms with Crippen molar-refractivity contribution >= 4 is 28.2 Å². The quantitative estimate of drug-likeness (QED) is 0.434. The van der Waals surface area contributed by atoms with Crippen molar-refractivity contribution in [3.8, 4) is 0 Å². The van der Waals surface area contributed by atoms with Crippen LogP contribution < -0.4 is 0 Å². The normalized spacial score (nSPS) is 11.7. The topological polar surface area (TPSA) is 42.3 Å². The van der Waals surface area contributed by atoms with Crippen LogP contribution in [-0.2, 0) is 10.8 Å². The number of hydrogen-bond acceptors (Lipinski definition) is 4. The number of hydrogen-bond donors (Lipinski definition) is 0. The summed E-state index contributed by atoms with van der Waals surface area (Å²) < 4.78 is 11.7. The Labute approximate surface area is 97.1 Å². The average Bonchev–Trinajstić information content (AvgIpc) is 2.30. The largest absolute Gasteiger partial charge is 0.265 e. The summed E-state index contributed by atoms with van der Waals surface area (Å²) in [6.45, 7) is 0.678. The Morgan fingerprint density at radius 3 is 2.80 bits per heavy atom. The summed E-state index contributed by atoms with van der Waals surface area (Å²) in [7, 11) is -0.917. The van der Waals surface area contributed by atoms with E-state index in [9.17, 15) is 4.21 Å². The Morgan fingerprint density at radius 1 is 1.40 bits per heavy atom. The average molecular weight is 240 g/mol. The SMILES string of the molecule is O=S(CCCCN=C=S)c1ccncc1. The molecular formula is C10H12N2OS2. The maximum absolute atomic E-state index is 11.7.